The van der Waals surface area contributed by atoms with Gasteiger partial charge < -0.3 is 4.74 Å². The number of pyridine rings is 1. The van der Waals surface area contributed by atoms with Crippen molar-refractivity contribution in [3.8, 4) is 5.75 Å². The molecule has 1 unspecified atom stereocenters. The first kappa shape index (κ1) is 20.5. The molecule has 2 rings (SSSR count). The number of rotatable bonds is 12. The number of hydrogen-bond acceptors (Lipinski definition) is 2. The minimum absolute atomic E-state index is 0.304. The maximum atomic E-state index is 5.89. The molecule has 2 aromatic rings. The molecule has 0 amide bonds. The van der Waals surface area contributed by atoms with E-state index in [-0.39, 0.29) is 0 Å². The quantitative estimate of drug-likeness (QED) is 0.386. The molecule has 0 aliphatic rings. The topological polar surface area (TPSA) is 22.1 Å². The van der Waals surface area contributed by atoms with E-state index in [4.69, 9.17) is 4.74 Å². The molecule has 0 aliphatic heterocycles. The average molecular weight is 354 g/mol. The summed E-state index contributed by atoms with van der Waals surface area (Å²) < 4.78 is 5.89. The third-order valence-electron chi connectivity index (χ3n) is 5.10. The van der Waals surface area contributed by atoms with Gasteiger partial charge in [0, 0.05) is 17.8 Å². The highest BCUT2D eigenvalue weighted by molar-refractivity contribution is 5.33. The van der Waals surface area contributed by atoms with Gasteiger partial charge in [-0.1, -0.05) is 77.5 Å². The van der Waals surface area contributed by atoms with Gasteiger partial charge in [-0.2, -0.15) is 0 Å². The molecule has 26 heavy (non-hydrogen) atoms. The largest absolute Gasteiger partial charge is 0.494 e. The lowest BCUT2D eigenvalue weighted by Gasteiger charge is -2.13. The average Bonchev–Trinajstić information content (AvgIpc) is 2.70. The Labute approximate surface area is 160 Å². The van der Waals surface area contributed by atoms with Gasteiger partial charge >= 0.3 is 0 Å². The lowest BCUT2D eigenvalue weighted by molar-refractivity contribution is 0.304. The van der Waals surface area contributed by atoms with E-state index >= 15 is 0 Å². The molecule has 0 aliphatic carbocycles. The van der Waals surface area contributed by atoms with Crippen molar-refractivity contribution in [2.75, 3.05) is 6.61 Å². The zero-order chi connectivity index (χ0) is 18.6. The summed E-state index contributed by atoms with van der Waals surface area (Å²) >= 11 is 0. The molecule has 142 valence electrons. The fourth-order valence-electron chi connectivity index (χ4n) is 3.17. The van der Waals surface area contributed by atoms with Crippen LogP contribution in [0.4, 0.5) is 0 Å². The third kappa shape index (κ3) is 6.82. The minimum Gasteiger partial charge on any atom is -0.494 e. The molecule has 0 N–H and O–H groups in total. The van der Waals surface area contributed by atoms with Crippen LogP contribution in [0.15, 0.2) is 42.6 Å². The van der Waals surface area contributed by atoms with E-state index < -0.39 is 0 Å². The molecule has 1 aromatic heterocycles. The van der Waals surface area contributed by atoms with Gasteiger partial charge in [-0.15, -0.1) is 0 Å². The normalized spacial score (nSPS) is 12.1. The number of benzene rings is 1. The van der Waals surface area contributed by atoms with Crippen LogP contribution in [-0.2, 0) is 6.42 Å². The minimum atomic E-state index is 0.304. The van der Waals surface area contributed by atoms with Crippen LogP contribution in [0.2, 0.25) is 0 Å². The molecule has 1 aromatic carbocycles. The van der Waals surface area contributed by atoms with Gasteiger partial charge in [0.05, 0.1) is 6.61 Å². The van der Waals surface area contributed by atoms with Crippen LogP contribution >= 0.6 is 0 Å². The zero-order valence-corrected chi connectivity index (χ0v) is 16.8. The van der Waals surface area contributed by atoms with Crippen molar-refractivity contribution in [2.24, 2.45) is 0 Å². The number of hydrogen-bond donors (Lipinski definition) is 0. The highest BCUT2D eigenvalue weighted by atomic mass is 16.5. The third-order valence-corrected chi connectivity index (χ3v) is 5.10. The van der Waals surface area contributed by atoms with Crippen molar-refractivity contribution in [1.29, 1.82) is 0 Å². The molecule has 0 bridgehead atoms. The van der Waals surface area contributed by atoms with Gasteiger partial charge in [-0.3, -0.25) is 4.98 Å². The second-order valence-electron chi connectivity index (χ2n) is 7.21. The Balaban J connectivity index is 1.73. The number of aryl methyl sites for hydroxylation is 1. The Bertz CT molecular complexity index is 603. The summed E-state index contributed by atoms with van der Waals surface area (Å²) in [7, 11) is 0. The molecule has 0 saturated carbocycles. The van der Waals surface area contributed by atoms with E-state index in [0.29, 0.717) is 5.92 Å². The second kappa shape index (κ2) is 11.7. The predicted octanol–water partition coefficient (Wildman–Crippen LogP) is 6.93. The molecule has 1 atom stereocenters. The SMILES string of the molecule is CCCCCCCCCOc1ccc(C(C)c2ccc(CC)cn2)cc1. The van der Waals surface area contributed by atoms with Crippen molar-refractivity contribution >= 4 is 0 Å². The summed E-state index contributed by atoms with van der Waals surface area (Å²) in [6, 6.07) is 12.8. The molecule has 0 spiro atoms. The first-order valence-corrected chi connectivity index (χ1v) is 10.4. The summed E-state index contributed by atoms with van der Waals surface area (Å²) in [5.41, 5.74) is 3.69. The Hall–Kier alpha value is -1.83. The van der Waals surface area contributed by atoms with Crippen LogP contribution in [0.1, 0.15) is 88.5 Å². The van der Waals surface area contributed by atoms with E-state index in [1.807, 2.05) is 6.20 Å². The molecular weight excluding hydrogens is 318 g/mol. The number of unbranched alkanes of at least 4 members (excludes halogenated alkanes) is 6. The van der Waals surface area contributed by atoms with E-state index in [9.17, 15) is 0 Å². The fourth-order valence-corrected chi connectivity index (χ4v) is 3.17. The summed E-state index contributed by atoms with van der Waals surface area (Å²) in [5, 5.41) is 0. The van der Waals surface area contributed by atoms with Gasteiger partial charge in [0.15, 0.2) is 0 Å². The van der Waals surface area contributed by atoms with Crippen molar-refractivity contribution in [1.82, 2.24) is 4.98 Å². The molecule has 0 saturated heterocycles. The molecule has 1 heterocycles. The van der Waals surface area contributed by atoms with E-state index in [2.05, 4.69) is 62.2 Å². The Morgan fingerprint density at radius 2 is 1.54 bits per heavy atom. The van der Waals surface area contributed by atoms with Crippen LogP contribution in [0.3, 0.4) is 0 Å². The van der Waals surface area contributed by atoms with Crippen LogP contribution < -0.4 is 4.74 Å². The van der Waals surface area contributed by atoms with Crippen molar-refractivity contribution in [2.45, 2.75) is 78.1 Å². The van der Waals surface area contributed by atoms with Crippen molar-refractivity contribution in [3.63, 3.8) is 0 Å². The van der Waals surface area contributed by atoms with E-state index in [1.165, 1.54) is 49.7 Å². The summed E-state index contributed by atoms with van der Waals surface area (Å²) in [6.07, 6.45) is 12.2. The summed E-state index contributed by atoms with van der Waals surface area (Å²) in [4.78, 5) is 4.61. The predicted molar refractivity (Wildman–Crippen MR) is 111 cm³/mol. The molecule has 2 nitrogen and oxygen atoms in total. The van der Waals surface area contributed by atoms with Gasteiger partial charge in [0.25, 0.3) is 0 Å². The Morgan fingerprint density at radius 1 is 0.846 bits per heavy atom. The highest BCUT2D eigenvalue weighted by Crippen LogP contribution is 2.24. The van der Waals surface area contributed by atoms with Gasteiger partial charge in [-0.05, 0) is 42.2 Å². The van der Waals surface area contributed by atoms with E-state index in [1.54, 1.807) is 0 Å². The Kier molecular flexibility index (Phi) is 9.23. The molecule has 0 radical (unpaired) electrons. The molecule has 2 heteroatoms. The van der Waals surface area contributed by atoms with Gasteiger partial charge in [-0.25, -0.2) is 0 Å². The maximum absolute atomic E-state index is 5.89. The first-order chi connectivity index (χ1) is 12.7. The smallest absolute Gasteiger partial charge is 0.119 e. The van der Waals surface area contributed by atoms with Crippen LogP contribution in [0.5, 0.6) is 5.75 Å². The fraction of sp³-hybridized carbons (Fsp3) is 0.542. The van der Waals surface area contributed by atoms with Crippen molar-refractivity contribution in [3.05, 3.63) is 59.4 Å². The molecular formula is C24H35NO. The highest BCUT2D eigenvalue weighted by Gasteiger charge is 2.10. The van der Waals surface area contributed by atoms with Gasteiger partial charge in [0.1, 0.15) is 5.75 Å². The maximum Gasteiger partial charge on any atom is 0.119 e. The van der Waals surface area contributed by atoms with E-state index in [0.717, 1.165) is 30.9 Å². The number of ether oxygens (including phenoxy) is 1. The Morgan fingerprint density at radius 3 is 2.15 bits per heavy atom. The summed E-state index contributed by atoms with van der Waals surface area (Å²) in [6.45, 7) is 7.45. The van der Waals surface area contributed by atoms with Crippen LogP contribution in [0, 0.1) is 0 Å². The van der Waals surface area contributed by atoms with Crippen molar-refractivity contribution < 1.29 is 4.74 Å². The lowest BCUT2D eigenvalue weighted by Crippen LogP contribution is -2.01. The van der Waals surface area contributed by atoms with Crippen LogP contribution in [-0.4, -0.2) is 11.6 Å². The molecule has 0 fully saturated rings. The standard InChI is InChI=1S/C24H35NO/c1-4-6-7-8-9-10-11-18-26-23-15-13-22(14-16-23)20(3)24-17-12-21(5-2)19-25-24/h12-17,19-20H,4-11,18H2,1-3H3. The first-order valence-electron chi connectivity index (χ1n) is 10.4. The monoisotopic (exact) mass is 353 g/mol. The number of nitrogens with zero attached hydrogens (tertiary/aromatic N) is 1. The zero-order valence-electron chi connectivity index (χ0n) is 16.8. The summed E-state index contributed by atoms with van der Waals surface area (Å²) in [5.74, 6) is 1.28. The second-order valence-corrected chi connectivity index (χ2v) is 7.21. The number of aromatic nitrogens is 1. The van der Waals surface area contributed by atoms with Crippen LogP contribution in [0.25, 0.3) is 0 Å². The van der Waals surface area contributed by atoms with Gasteiger partial charge in [0.2, 0.25) is 0 Å². The lowest BCUT2D eigenvalue weighted by atomic mass is 9.97.